The highest BCUT2D eigenvalue weighted by Gasteiger charge is 2.21. The minimum Gasteiger partial charge on any atom is -0.347 e. The molecule has 1 aliphatic rings. The van der Waals surface area contributed by atoms with Gasteiger partial charge >= 0.3 is 0 Å². The van der Waals surface area contributed by atoms with Crippen LogP contribution in [-0.2, 0) is 11.3 Å². The number of amides is 2. The van der Waals surface area contributed by atoms with E-state index in [1.165, 1.54) is 27.8 Å². The van der Waals surface area contributed by atoms with Gasteiger partial charge in [0.05, 0.1) is 5.56 Å². The Labute approximate surface area is 199 Å². The lowest BCUT2D eigenvalue weighted by atomic mass is 9.97. The number of hydrogen-bond donors (Lipinski definition) is 1. The van der Waals surface area contributed by atoms with Crippen molar-refractivity contribution in [1.29, 1.82) is 0 Å². The number of aryl methyl sites for hydroxylation is 1. The van der Waals surface area contributed by atoms with E-state index in [1.54, 1.807) is 27.1 Å². The number of halogens is 1. The van der Waals surface area contributed by atoms with Crippen LogP contribution in [0, 0.1) is 30.5 Å². The fraction of sp³-hybridized carbons (Fsp3) is 0.292. The quantitative estimate of drug-likeness (QED) is 0.568. The van der Waals surface area contributed by atoms with Gasteiger partial charge in [0.1, 0.15) is 12.4 Å². The Bertz CT molecular complexity index is 1400. The molecule has 0 spiro atoms. The van der Waals surface area contributed by atoms with Crippen LogP contribution in [-0.4, -0.2) is 45.6 Å². The molecule has 174 valence electrons. The summed E-state index contributed by atoms with van der Waals surface area (Å²) in [7, 11) is 3.16. The lowest BCUT2D eigenvalue weighted by molar-refractivity contribution is -0.129. The molecule has 1 fully saturated rings. The average molecular weight is 480 g/mol. The average Bonchev–Trinajstić information content (AvgIpc) is 3.52. The summed E-state index contributed by atoms with van der Waals surface area (Å²) in [5, 5.41) is 11.3. The van der Waals surface area contributed by atoms with Crippen molar-refractivity contribution in [1.82, 2.24) is 19.7 Å². The first-order valence-electron chi connectivity index (χ1n) is 10.6. The first-order valence-corrected chi connectivity index (χ1v) is 11.4. The summed E-state index contributed by atoms with van der Waals surface area (Å²) in [6.07, 6.45) is 3.58. The van der Waals surface area contributed by atoms with Crippen molar-refractivity contribution >= 4 is 28.3 Å². The maximum Gasteiger partial charge on any atom is 0.258 e. The van der Waals surface area contributed by atoms with Gasteiger partial charge in [-0.25, -0.2) is 4.39 Å². The normalized spacial score (nSPS) is 12.6. The molecule has 0 saturated heterocycles. The highest BCUT2D eigenvalue weighted by molar-refractivity contribution is 7.15. The largest absolute Gasteiger partial charge is 0.347 e. The first-order chi connectivity index (χ1) is 16.2. The van der Waals surface area contributed by atoms with Crippen molar-refractivity contribution in [2.45, 2.75) is 26.3 Å². The molecule has 1 N–H and O–H groups in total. The topological polar surface area (TPSA) is 97.2 Å². The summed E-state index contributed by atoms with van der Waals surface area (Å²) in [6.45, 7) is 1.56. The Hall–Kier alpha value is -3.84. The molecule has 0 unspecified atom stereocenters. The Morgan fingerprint density at radius 1 is 1.24 bits per heavy atom. The number of pyridine rings is 1. The van der Waals surface area contributed by atoms with Crippen molar-refractivity contribution in [3.05, 3.63) is 62.8 Å². The molecule has 2 heterocycles. The van der Waals surface area contributed by atoms with Gasteiger partial charge in [-0.05, 0) is 48.9 Å². The van der Waals surface area contributed by atoms with E-state index < -0.39 is 17.3 Å². The third-order valence-corrected chi connectivity index (χ3v) is 6.02. The van der Waals surface area contributed by atoms with E-state index in [-0.39, 0.29) is 23.1 Å². The number of nitrogens with zero attached hydrogens (tertiary/aromatic N) is 4. The molecule has 1 aliphatic carbocycles. The standard InChI is InChI=1S/C24H22FN5O3S/c1-14-4-8-16(25)10-17(14)19-12-30(13-22(32)29(2)3)21(31)11-18(19)23(33)26-24-28-27-20(34-24)9-7-15-5-6-15/h4,8,10-12,15H,5-6,13H2,1-3H3,(H,26,28,33). The van der Waals surface area contributed by atoms with Crippen LogP contribution < -0.4 is 10.9 Å². The van der Waals surface area contributed by atoms with Gasteiger partial charge in [0, 0.05) is 37.8 Å². The van der Waals surface area contributed by atoms with E-state index in [0.717, 1.165) is 30.2 Å². The fourth-order valence-corrected chi connectivity index (χ4v) is 3.75. The van der Waals surface area contributed by atoms with Gasteiger partial charge in [0.15, 0.2) is 5.01 Å². The molecular weight excluding hydrogens is 457 g/mol. The number of benzene rings is 1. The SMILES string of the molecule is Cc1ccc(F)cc1-c1cn(CC(=O)N(C)C)c(=O)cc1C(=O)Nc1nnc(C#CC2CC2)s1. The molecule has 0 bridgehead atoms. The Morgan fingerprint density at radius 2 is 2.00 bits per heavy atom. The van der Waals surface area contributed by atoms with Crippen LogP contribution in [0.4, 0.5) is 9.52 Å². The third kappa shape index (κ3) is 5.38. The van der Waals surface area contributed by atoms with Crippen molar-refractivity contribution in [2.24, 2.45) is 5.92 Å². The van der Waals surface area contributed by atoms with Crippen LogP contribution in [0.5, 0.6) is 0 Å². The van der Waals surface area contributed by atoms with E-state index in [1.807, 2.05) is 0 Å². The number of nitrogens with one attached hydrogen (secondary N) is 1. The number of anilines is 1. The highest BCUT2D eigenvalue weighted by Crippen LogP contribution is 2.29. The monoisotopic (exact) mass is 479 g/mol. The second-order valence-corrected chi connectivity index (χ2v) is 9.20. The van der Waals surface area contributed by atoms with Gasteiger partial charge in [-0.2, -0.15) is 0 Å². The van der Waals surface area contributed by atoms with Crippen molar-refractivity contribution in [3.63, 3.8) is 0 Å². The lowest BCUT2D eigenvalue weighted by Crippen LogP contribution is -2.32. The minimum atomic E-state index is -0.598. The summed E-state index contributed by atoms with van der Waals surface area (Å²) in [5.41, 5.74) is 0.955. The van der Waals surface area contributed by atoms with Crippen LogP contribution >= 0.6 is 11.3 Å². The van der Waals surface area contributed by atoms with Crippen LogP contribution in [0.15, 0.2) is 35.3 Å². The predicted octanol–water partition coefficient (Wildman–Crippen LogP) is 2.92. The van der Waals surface area contributed by atoms with Gasteiger partial charge in [-0.3, -0.25) is 19.7 Å². The van der Waals surface area contributed by atoms with Gasteiger partial charge < -0.3 is 9.47 Å². The molecule has 8 nitrogen and oxygen atoms in total. The van der Waals surface area contributed by atoms with Crippen molar-refractivity contribution in [3.8, 4) is 23.0 Å². The molecule has 10 heteroatoms. The van der Waals surface area contributed by atoms with E-state index >= 15 is 0 Å². The third-order valence-electron chi connectivity index (χ3n) is 5.27. The minimum absolute atomic E-state index is 0.0352. The van der Waals surface area contributed by atoms with Crippen LogP contribution in [0.1, 0.15) is 33.8 Å². The van der Waals surface area contributed by atoms with E-state index in [4.69, 9.17) is 0 Å². The molecular formula is C24H22FN5O3S. The zero-order chi connectivity index (χ0) is 24.4. The van der Waals surface area contributed by atoms with Crippen molar-refractivity contribution in [2.75, 3.05) is 19.4 Å². The summed E-state index contributed by atoms with van der Waals surface area (Å²) < 4.78 is 15.3. The predicted molar refractivity (Wildman–Crippen MR) is 127 cm³/mol. The second-order valence-electron chi connectivity index (χ2n) is 8.22. The summed E-state index contributed by atoms with van der Waals surface area (Å²) in [5.74, 6) is 5.06. The number of rotatable bonds is 5. The van der Waals surface area contributed by atoms with Gasteiger partial charge in [-0.1, -0.05) is 23.3 Å². The van der Waals surface area contributed by atoms with E-state index in [0.29, 0.717) is 27.6 Å². The molecule has 1 aromatic carbocycles. The summed E-state index contributed by atoms with van der Waals surface area (Å²) >= 11 is 1.13. The molecule has 1 saturated carbocycles. The Morgan fingerprint density at radius 3 is 2.71 bits per heavy atom. The maximum absolute atomic E-state index is 14.1. The maximum atomic E-state index is 14.1. The van der Waals surface area contributed by atoms with E-state index in [9.17, 15) is 18.8 Å². The molecule has 3 aromatic rings. The number of likely N-dealkylation sites (N-methyl/N-ethyl adjacent to an activating group) is 1. The molecule has 4 rings (SSSR count). The zero-order valence-corrected chi connectivity index (χ0v) is 19.7. The number of hydrogen-bond acceptors (Lipinski definition) is 6. The number of carbonyl (C=O) groups excluding carboxylic acids is 2. The smallest absolute Gasteiger partial charge is 0.258 e. The van der Waals surface area contributed by atoms with Gasteiger partial charge in [0.25, 0.3) is 11.5 Å². The second kappa shape index (κ2) is 9.57. The highest BCUT2D eigenvalue weighted by atomic mass is 32.1. The molecule has 2 amide bonds. The van der Waals surface area contributed by atoms with E-state index in [2.05, 4.69) is 27.4 Å². The molecule has 0 atom stereocenters. The summed E-state index contributed by atoms with van der Waals surface area (Å²) in [4.78, 5) is 39.5. The molecule has 2 aromatic heterocycles. The molecule has 34 heavy (non-hydrogen) atoms. The molecule has 0 aliphatic heterocycles. The number of carbonyl (C=O) groups is 2. The zero-order valence-electron chi connectivity index (χ0n) is 18.9. The summed E-state index contributed by atoms with van der Waals surface area (Å²) in [6, 6.07) is 5.34. The van der Waals surface area contributed by atoms with Crippen LogP contribution in [0.2, 0.25) is 0 Å². The fourth-order valence-electron chi connectivity index (χ4n) is 3.15. The first kappa shape index (κ1) is 23.3. The van der Waals surface area contributed by atoms with Crippen molar-refractivity contribution < 1.29 is 14.0 Å². The molecule has 0 radical (unpaired) electrons. The Balaban J connectivity index is 1.71. The lowest BCUT2D eigenvalue weighted by Gasteiger charge is -2.16. The van der Waals surface area contributed by atoms with Gasteiger partial charge in [0.2, 0.25) is 11.0 Å². The van der Waals surface area contributed by atoms with Gasteiger partial charge in [-0.15, -0.1) is 10.2 Å². The van der Waals surface area contributed by atoms with Crippen LogP contribution in [0.3, 0.4) is 0 Å². The number of aromatic nitrogens is 3. The Kier molecular flexibility index (Phi) is 6.56. The van der Waals surface area contributed by atoms with Crippen LogP contribution in [0.25, 0.3) is 11.1 Å².